The molecule has 2 saturated heterocycles. The number of imidazole rings is 1. The van der Waals surface area contributed by atoms with E-state index in [-0.39, 0.29) is 0 Å². The Morgan fingerprint density at radius 1 is 1.30 bits per heavy atom. The molecule has 0 saturated carbocycles. The molecule has 0 aromatic carbocycles. The summed E-state index contributed by atoms with van der Waals surface area (Å²) in [6, 6.07) is 5.09. The zero-order valence-corrected chi connectivity index (χ0v) is 11.4. The number of anilines is 1. The molecule has 2 atom stereocenters. The Bertz CT molecular complexity index is 592. The summed E-state index contributed by atoms with van der Waals surface area (Å²) in [4.78, 5) is 6.75. The Balaban J connectivity index is 1.41. The molecule has 20 heavy (non-hydrogen) atoms. The molecule has 0 aliphatic carbocycles. The SMILES string of the molecule is c1cn2nc(NC3CCN(C4CCOC4)C3)ccc2n1. The Labute approximate surface area is 117 Å². The predicted molar refractivity (Wildman–Crippen MR) is 75.8 cm³/mol. The first-order valence-corrected chi connectivity index (χ1v) is 7.27. The molecule has 2 aliphatic heterocycles. The summed E-state index contributed by atoms with van der Waals surface area (Å²) in [6.07, 6.45) is 5.98. The lowest BCUT2D eigenvalue weighted by Crippen LogP contribution is -2.35. The minimum absolute atomic E-state index is 0.476. The molecule has 0 amide bonds. The van der Waals surface area contributed by atoms with Crippen molar-refractivity contribution in [2.75, 3.05) is 31.6 Å². The molecule has 2 aromatic heterocycles. The fourth-order valence-corrected chi connectivity index (χ4v) is 3.15. The van der Waals surface area contributed by atoms with Crippen LogP contribution in [0, 0.1) is 0 Å². The first kappa shape index (κ1) is 12.1. The van der Waals surface area contributed by atoms with E-state index in [1.807, 2.05) is 18.3 Å². The van der Waals surface area contributed by atoms with Crippen molar-refractivity contribution in [3.8, 4) is 0 Å². The third kappa shape index (κ3) is 2.25. The maximum Gasteiger partial charge on any atom is 0.153 e. The summed E-state index contributed by atoms with van der Waals surface area (Å²) >= 11 is 0. The van der Waals surface area contributed by atoms with Crippen molar-refractivity contribution in [2.45, 2.75) is 24.9 Å². The number of fused-ring (bicyclic) bond motifs is 1. The van der Waals surface area contributed by atoms with E-state index in [0.717, 1.165) is 37.8 Å². The molecule has 0 spiro atoms. The van der Waals surface area contributed by atoms with Crippen LogP contribution >= 0.6 is 0 Å². The molecule has 2 unspecified atom stereocenters. The van der Waals surface area contributed by atoms with Crippen LogP contribution < -0.4 is 5.32 Å². The normalized spacial score (nSPS) is 27.4. The summed E-state index contributed by atoms with van der Waals surface area (Å²) in [5.41, 5.74) is 0.881. The molecule has 6 nitrogen and oxygen atoms in total. The van der Waals surface area contributed by atoms with Crippen LogP contribution in [-0.2, 0) is 4.74 Å². The van der Waals surface area contributed by atoms with Gasteiger partial charge in [0.15, 0.2) is 5.65 Å². The molecule has 6 heteroatoms. The monoisotopic (exact) mass is 273 g/mol. The number of nitrogens with one attached hydrogen (secondary N) is 1. The number of likely N-dealkylation sites (tertiary alicyclic amines) is 1. The second-order valence-electron chi connectivity index (χ2n) is 5.59. The van der Waals surface area contributed by atoms with E-state index < -0.39 is 0 Å². The van der Waals surface area contributed by atoms with Crippen LogP contribution in [0.2, 0.25) is 0 Å². The number of nitrogens with zero attached hydrogens (tertiary/aromatic N) is 4. The summed E-state index contributed by atoms with van der Waals surface area (Å²) in [5, 5.41) is 8.06. The Hall–Kier alpha value is -1.66. The Morgan fingerprint density at radius 3 is 3.20 bits per heavy atom. The van der Waals surface area contributed by atoms with Gasteiger partial charge in [0.1, 0.15) is 5.82 Å². The number of ether oxygens (including phenoxy) is 1. The predicted octanol–water partition coefficient (Wildman–Crippen LogP) is 1.00. The largest absolute Gasteiger partial charge is 0.380 e. The van der Waals surface area contributed by atoms with Crippen molar-refractivity contribution in [3.63, 3.8) is 0 Å². The highest BCUT2D eigenvalue weighted by Gasteiger charge is 2.30. The Morgan fingerprint density at radius 2 is 2.30 bits per heavy atom. The number of rotatable bonds is 3. The van der Waals surface area contributed by atoms with E-state index in [1.54, 1.807) is 10.7 Å². The lowest BCUT2D eigenvalue weighted by molar-refractivity contribution is 0.158. The lowest BCUT2D eigenvalue weighted by atomic mass is 10.2. The van der Waals surface area contributed by atoms with Crippen LogP contribution in [0.1, 0.15) is 12.8 Å². The van der Waals surface area contributed by atoms with Crippen LogP contribution in [0.3, 0.4) is 0 Å². The van der Waals surface area contributed by atoms with Crippen molar-refractivity contribution < 1.29 is 4.74 Å². The first-order chi connectivity index (χ1) is 9.88. The van der Waals surface area contributed by atoms with Crippen LogP contribution in [0.25, 0.3) is 5.65 Å². The van der Waals surface area contributed by atoms with Gasteiger partial charge in [-0.25, -0.2) is 9.50 Å². The molecule has 4 rings (SSSR count). The molecular formula is C14H19N5O. The third-order valence-electron chi connectivity index (χ3n) is 4.25. The van der Waals surface area contributed by atoms with Gasteiger partial charge in [-0.3, -0.25) is 4.90 Å². The van der Waals surface area contributed by atoms with Crippen LogP contribution in [0.4, 0.5) is 5.82 Å². The van der Waals surface area contributed by atoms with E-state index in [4.69, 9.17) is 4.74 Å². The zero-order valence-electron chi connectivity index (χ0n) is 11.4. The highest BCUT2D eigenvalue weighted by atomic mass is 16.5. The van der Waals surface area contributed by atoms with Crippen LogP contribution in [-0.4, -0.2) is 57.9 Å². The topological polar surface area (TPSA) is 54.7 Å². The molecule has 2 aliphatic rings. The smallest absolute Gasteiger partial charge is 0.153 e. The van der Waals surface area contributed by atoms with Crippen molar-refractivity contribution in [1.29, 1.82) is 0 Å². The van der Waals surface area contributed by atoms with Gasteiger partial charge in [-0.2, -0.15) is 0 Å². The number of hydrogen-bond acceptors (Lipinski definition) is 5. The standard InChI is InChI=1S/C14H19N5O/c1-2-14-15-5-7-19(14)17-13(1)16-11-3-6-18(9-11)12-4-8-20-10-12/h1-2,5,7,11-12H,3-4,6,8-10H2,(H,16,17). The summed E-state index contributed by atoms with van der Waals surface area (Å²) in [6.45, 7) is 4.04. The minimum atomic E-state index is 0.476. The zero-order chi connectivity index (χ0) is 13.4. The second-order valence-corrected chi connectivity index (χ2v) is 5.59. The van der Waals surface area contributed by atoms with Gasteiger partial charge in [0.05, 0.1) is 6.61 Å². The van der Waals surface area contributed by atoms with Gasteiger partial charge in [-0.15, -0.1) is 5.10 Å². The van der Waals surface area contributed by atoms with E-state index in [2.05, 4.69) is 20.3 Å². The molecule has 106 valence electrons. The van der Waals surface area contributed by atoms with Gasteiger partial charge >= 0.3 is 0 Å². The highest BCUT2D eigenvalue weighted by Crippen LogP contribution is 2.20. The fourth-order valence-electron chi connectivity index (χ4n) is 3.15. The maximum absolute atomic E-state index is 5.48. The minimum Gasteiger partial charge on any atom is -0.380 e. The van der Waals surface area contributed by atoms with Crippen molar-refractivity contribution >= 4 is 11.5 Å². The summed E-state index contributed by atoms with van der Waals surface area (Å²) in [5.74, 6) is 0.921. The summed E-state index contributed by atoms with van der Waals surface area (Å²) in [7, 11) is 0. The Kier molecular flexibility index (Phi) is 3.05. The van der Waals surface area contributed by atoms with Gasteiger partial charge < -0.3 is 10.1 Å². The van der Waals surface area contributed by atoms with Crippen LogP contribution in [0.15, 0.2) is 24.5 Å². The maximum atomic E-state index is 5.48. The van der Waals surface area contributed by atoms with Gasteiger partial charge in [-0.05, 0) is 25.0 Å². The third-order valence-corrected chi connectivity index (χ3v) is 4.25. The molecule has 2 fully saturated rings. The molecule has 4 heterocycles. The molecule has 0 bridgehead atoms. The van der Waals surface area contributed by atoms with Gasteiger partial charge in [0, 0.05) is 44.2 Å². The van der Waals surface area contributed by atoms with E-state index in [1.165, 1.54) is 12.8 Å². The van der Waals surface area contributed by atoms with Gasteiger partial charge in [-0.1, -0.05) is 0 Å². The summed E-state index contributed by atoms with van der Waals surface area (Å²) < 4.78 is 7.28. The average Bonchev–Trinajstić information content (AvgIpc) is 3.19. The van der Waals surface area contributed by atoms with E-state index >= 15 is 0 Å². The van der Waals surface area contributed by atoms with E-state index in [0.29, 0.717) is 12.1 Å². The molecular weight excluding hydrogens is 254 g/mol. The van der Waals surface area contributed by atoms with Gasteiger partial charge in [0.2, 0.25) is 0 Å². The lowest BCUT2D eigenvalue weighted by Gasteiger charge is -2.22. The van der Waals surface area contributed by atoms with Crippen molar-refractivity contribution in [1.82, 2.24) is 19.5 Å². The van der Waals surface area contributed by atoms with Crippen molar-refractivity contribution in [3.05, 3.63) is 24.5 Å². The second kappa shape index (κ2) is 5.03. The molecule has 0 radical (unpaired) electrons. The first-order valence-electron chi connectivity index (χ1n) is 7.27. The van der Waals surface area contributed by atoms with Crippen molar-refractivity contribution in [2.24, 2.45) is 0 Å². The van der Waals surface area contributed by atoms with E-state index in [9.17, 15) is 0 Å². The fraction of sp³-hybridized carbons (Fsp3) is 0.571. The number of hydrogen-bond donors (Lipinski definition) is 1. The highest BCUT2D eigenvalue weighted by molar-refractivity contribution is 5.44. The number of aromatic nitrogens is 3. The quantitative estimate of drug-likeness (QED) is 0.904. The van der Waals surface area contributed by atoms with Gasteiger partial charge in [0.25, 0.3) is 0 Å². The molecule has 2 aromatic rings. The average molecular weight is 273 g/mol. The molecule has 1 N–H and O–H groups in total. The van der Waals surface area contributed by atoms with Crippen LogP contribution in [0.5, 0.6) is 0 Å².